The molecule has 6 nitrogen and oxygen atoms in total. The number of amides is 1. The van der Waals surface area contributed by atoms with Gasteiger partial charge in [0.05, 0.1) is 16.9 Å². The molecule has 0 aliphatic rings. The van der Waals surface area contributed by atoms with E-state index in [4.69, 9.17) is 16.9 Å². The number of nitrogens with zero attached hydrogens (tertiary/aromatic N) is 4. The Morgan fingerprint density at radius 1 is 1.57 bits per heavy atom. The van der Waals surface area contributed by atoms with Crippen molar-refractivity contribution in [2.75, 3.05) is 6.54 Å². The summed E-state index contributed by atoms with van der Waals surface area (Å²) in [6.45, 7) is 2.39. The van der Waals surface area contributed by atoms with Gasteiger partial charge in [-0.05, 0) is 30.7 Å². The van der Waals surface area contributed by atoms with E-state index in [0.29, 0.717) is 17.9 Å². The summed E-state index contributed by atoms with van der Waals surface area (Å²) in [6, 6.07) is 5.69. The lowest BCUT2D eigenvalue weighted by Gasteiger charge is -2.02. The molecule has 0 fully saturated rings. The van der Waals surface area contributed by atoms with Crippen LogP contribution in [0.1, 0.15) is 19.0 Å². The number of hydrogen-bond acceptors (Lipinski definition) is 4. The minimum atomic E-state index is -0.469. The SMILES string of the molecule is CCCNC(=O)/C(C#N)=C\c1cn(-c2ccc(F)cc2Cl)nn1. The average Bonchev–Trinajstić information content (AvgIpc) is 2.98. The first-order valence-electron chi connectivity index (χ1n) is 6.83. The second-order valence-electron chi connectivity index (χ2n) is 4.61. The van der Waals surface area contributed by atoms with Crippen LogP contribution in [-0.2, 0) is 4.79 Å². The lowest BCUT2D eigenvalue weighted by molar-refractivity contribution is -0.117. The molecule has 118 valence electrons. The molecule has 2 aromatic rings. The Hall–Kier alpha value is -2.72. The van der Waals surface area contributed by atoms with Gasteiger partial charge in [-0.1, -0.05) is 23.7 Å². The maximum absolute atomic E-state index is 13.1. The molecule has 8 heteroatoms. The molecule has 0 saturated heterocycles. The maximum atomic E-state index is 13.1. The van der Waals surface area contributed by atoms with E-state index >= 15 is 0 Å². The van der Waals surface area contributed by atoms with Crippen LogP contribution < -0.4 is 5.32 Å². The number of benzene rings is 1. The van der Waals surface area contributed by atoms with Crippen LogP contribution in [0.25, 0.3) is 11.8 Å². The summed E-state index contributed by atoms with van der Waals surface area (Å²) in [5, 5.41) is 19.6. The molecule has 0 radical (unpaired) electrons. The normalized spacial score (nSPS) is 11.1. The Morgan fingerprint density at radius 2 is 2.35 bits per heavy atom. The second kappa shape index (κ2) is 7.51. The molecule has 0 saturated carbocycles. The van der Waals surface area contributed by atoms with E-state index in [1.54, 1.807) is 0 Å². The van der Waals surface area contributed by atoms with Crippen LogP contribution in [-0.4, -0.2) is 27.4 Å². The van der Waals surface area contributed by atoms with Crippen molar-refractivity contribution < 1.29 is 9.18 Å². The van der Waals surface area contributed by atoms with E-state index in [9.17, 15) is 9.18 Å². The topological polar surface area (TPSA) is 83.6 Å². The van der Waals surface area contributed by atoms with Crippen LogP contribution in [0.3, 0.4) is 0 Å². The van der Waals surface area contributed by atoms with Gasteiger partial charge in [0.2, 0.25) is 0 Å². The largest absolute Gasteiger partial charge is 0.351 e. The van der Waals surface area contributed by atoms with E-state index in [2.05, 4.69) is 15.6 Å². The van der Waals surface area contributed by atoms with Gasteiger partial charge in [0.25, 0.3) is 5.91 Å². The van der Waals surface area contributed by atoms with E-state index < -0.39 is 11.7 Å². The summed E-state index contributed by atoms with van der Waals surface area (Å²) in [7, 11) is 0. The molecule has 2 rings (SSSR count). The number of rotatable bonds is 5. The number of carbonyl (C=O) groups is 1. The van der Waals surface area contributed by atoms with Crippen molar-refractivity contribution >= 4 is 23.6 Å². The maximum Gasteiger partial charge on any atom is 0.262 e. The molecule has 1 heterocycles. The molecular weight excluding hydrogens is 321 g/mol. The van der Waals surface area contributed by atoms with E-state index in [1.165, 1.54) is 29.1 Å². The minimum Gasteiger partial charge on any atom is -0.351 e. The molecule has 1 aromatic heterocycles. The zero-order valence-electron chi connectivity index (χ0n) is 12.3. The first-order valence-corrected chi connectivity index (χ1v) is 7.20. The van der Waals surface area contributed by atoms with Gasteiger partial charge in [-0.25, -0.2) is 9.07 Å². The van der Waals surface area contributed by atoms with Crippen molar-refractivity contribution in [1.29, 1.82) is 5.26 Å². The summed E-state index contributed by atoms with van der Waals surface area (Å²) in [5.74, 6) is -0.929. The molecule has 0 aliphatic heterocycles. The Balaban J connectivity index is 2.26. The van der Waals surface area contributed by atoms with Crippen LogP contribution in [0.15, 0.2) is 30.0 Å². The van der Waals surface area contributed by atoms with Gasteiger partial charge < -0.3 is 5.32 Å². The molecule has 23 heavy (non-hydrogen) atoms. The Bertz CT molecular complexity index is 793. The Morgan fingerprint density at radius 3 is 3.00 bits per heavy atom. The standard InChI is InChI=1S/C15H13ClFN5O/c1-2-5-19-15(23)10(8-18)6-12-9-22(21-20-12)14-4-3-11(17)7-13(14)16/h3-4,6-7,9H,2,5H2,1H3,(H,19,23)/b10-6-. The van der Waals surface area contributed by atoms with Gasteiger partial charge in [-0.15, -0.1) is 5.10 Å². The zero-order chi connectivity index (χ0) is 16.8. The molecule has 1 N–H and O–H groups in total. The number of carbonyl (C=O) groups excluding carboxylic acids is 1. The van der Waals surface area contributed by atoms with Gasteiger partial charge in [-0.2, -0.15) is 5.26 Å². The van der Waals surface area contributed by atoms with Crippen LogP contribution >= 0.6 is 11.6 Å². The van der Waals surface area contributed by atoms with Crippen molar-refractivity contribution in [1.82, 2.24) is 20.3 Å². The summed E-state index contributed by atoms with van der Waals surface area (Å²) < 4.78 is 14.4. The lowest BCUT2D eigenvalue weighted by Crippen LogP contribution is -2.25. The lowest BCUT2D eigenvalue weighted by atomic mass is 10.2. The second-order valence-corrected chi connectivity index (χ2v) is 5.02. The Kier molecular flexibility index (Phi) is 5.44. The van der Waals surface area contributed by atoms with E-state index in [1.807, 2.05) is 13.0 Å². The predicted octanol–water partition coefficient (Wildman–Crippen LogP) is 2.49. The monoisotopic (exact) mass is 333 g/mol. The third-order valence-electron chi connectivity index (χ3n) is 2.86. The highest BCUT2D eigenvalue weighted by molar-refractivity contribution is 6.32. The molecule has 0 atom stereocenters. The smallest absolute Gasteiger partial charge is 0.262 e. The van der Waals surface area contributed by atoms with Crippen molar-refractivity contribution in [2.24, 2.45) is 0 Å². The van der Waals surface area contributed by atoms with Crippen LogP contribution in [0.5, 0.6) is 0 Å². The molecule has 0 bridgehead atoms. The zero-order valence-corrected chi connectivity index (χ0v) is 13.0. The molecule has 0 aliphatic carbocycles. The highest BCUT2D eigenvalue weighted by Gasteiger charge is 2.11. The fourth-order valence-corrected chi connectivity index (χ4v) is 2.01. The highest BCUT2D eigenvalue weighted by Crippen LogP contribution is 2.21. The quantitative estimate of drug-likeness (QED) is 0.673. The fourth-order valence-electron chi connectivity index (χ4n) is 1.76. The van der Waals surface area contributed by atoms with Crippen molar-refractivity contribution in [2.45, 2.75) is 13.3 Å². The third-order valence-corrected chi connectivity index (χ3v) is 3.16. The highest BCUT2D eigenvalue weighted by atomic mass is 35.5. The van der Waals surface area contributed by atoms with Gasteiger partial charge in [-0.3, -0.25) is 4.79 Å². The first kappa shape index (κ1) is 16.6. The van der Waals surface area contributed by atoms with Crippen LogP contribution in [0, 0.1) is 17.1 Å². The molecule has 0 spiro atoms. The van der Waals surface area contributed by atoms with Crippen molar-refractivity contribution in [3.8, 4) is 11.8 Å². The molecule has 0 unspecified atom stereocenters. The summed E-state index contributed by atoms with van der Waals surface area (Å²) in [4.78, 5) is 11.8. The van der Waals surface area contributed by atoms with Crippen LogP contribution in [0.4, 0.5) is 4.39 Å². The molecule has 1 amide bonds. The number of nitriles is 1. The van der Waals surface area contributed by atoms with E-state index in [0.717, 1.165) is 12.5 Å². The minimum absolute atomic E-state index is 0.0734. The number of nitrogens with one attached hydrogen (secondary N) is 1. The van der Waals surface area contributed by atoms with Gasteiger partial charge in [0.1, 0.15) is 23.2 Å². The average molecular weight is 334 g/mol. The van der Waals surface area contributed by atoms with Crippen molar-refractivity contribution in [3.05, 3.63) is 46.5 Å². The van der Waals surface area contributed by atoms with Gasteiger partial charge in [0, 0.05) is 6.54 Å². The summed E-state index contributed by atoms with van der Waals surface area (Å²) in [6.07, 6.45) is 3.58. The van der Waals surface area contributed by atoms with Crippen molar-refractivity contribution in [3.63, 3.8) is 0 Å². The number of aromatic nitrogens is 3. The van der Waals surface area contributed by atoms with E-state index in [-0.39, 0.29) is 10.6 Å². The summed E-state index contributed by atoms with van der Waals surface area (Å²) >= 11 is 5.95. The number of hydrogen-bond donors (Lipinski definition) is 1. The number of halogens is 2. The summed E-state index contributed by atoms with van der Waals surface area (Å²) in [5.41, 5.74) is 0.679. The molecular formula is C15H13ClFN5O. The van der Waals surface area contributed by atoms with Gasteiger partial charge in [0.15, 0.2) is 0 Å². The van der Waals surface area contributed by atoms with Gasteiger partial charge >= 0.3 is 0 Å². The first-order chi connectivity index (χ1) is 11.0. The predicted molar refractivity (Wildman–Crippen MR) is 83.2 cm³/mol. The fraction of sp³-hybridized carbons (Fsp3) is 0.200. The Labute approximate surface area is 137 Å². The molecule has 1 aromatic carbocycles. The van der Waals surface area contributed by atoms with Crippen LogP contribution in [0.2, 0.25) is 5.02 Å². The third kappa shape index (κ3) is 4.14.